The number of hydrogen-bond acceptors (Lipinski definition) is 8. The summed E-state index contributed by atoms with van der Waals surface area (Å²) in [6.45, 7) is 7.54. The Morgan fingerprint density at radius 3 is 2.57 bits per heavy atom. The number of hydrogen-bond donors (Lipinski definition) is 2. The van der Waals surface area contributed by atoms with Gasteiger partial charge in [0.25, 0.3) is 0 Å². The Morgan fingerprint density at radius 2 is 1.94 bits per heavy atom. The van der Waals surface area contributed by atoms with Gasteiger partial charge in [0.1, 0.15) is 11.9 Å². The summed E-state index contributed by atoms with van der Waals surface area (Å²) in [6, 6.07) is 1.80. The average Bonchev–Trinajstić information content (AvgIpc) is 3.34. The minimum Gasteiger partial charge on any atom is -0.472 e. The number of aliphatic hydroxyl groups excluding tert-OH is 2. The zero-order valence-corrected chi connectivity index (χ0v) is 20.9. The largest absolute Gasteiger partial charge is 0.472 e. The van der Waals surface area contributed by atoms with E-state index in [-0.39, 0.29) is 24.1 Å². The van der Waals surface area contributed by atoms with Crippen LogP contribution in [0.25, 0.3) is 0 Å². The van der Waals surface area contributed by atoms with Crippen molar-refractivity contribution in [2.75, 3.05) is 7.11 Å². The lowest BCUT2D eigenvalue weighted by Gasteiger charge is -2.63. The van der Waals surface area contributed by atoms with Crippen molar-refractivity contribution >= 4 is 17.7 Å². The molecule has 1 aromatic rings. The summed E-state index contributed by atoms with van der Waals surface area (Å²) < 4.78 is 16.0. The number of Topliss-reactive ketones (excluding diaryl/α,β-unsaturated/α-hetero) is 1. The Bertz CT molecular complexity index is 1100. The highest BCUT2D eigenvalue weighted by molar-refractivity contribution is 5.93. The van der Waals surface area contributed by atoms with Crippen molar-refractivity contribution in [2.24, 2.45) is 34.0 Å². The molecule has 1 aromatic heterocycles. The van der Waals surface area contributed by atoms with Crippen molar-refractivity contribution in [3.05, 3.63) is 35.3 Å². The third-order valence-electron chi connectivity index (χ3n) is 9.83. The van der Waals surface area contributed by atoms with Crippen LogP contribution in [0.1, 0.15) is 65.0 Å². The monoisotopic (exact) mass is 486 g/mol. The van der Waals surface area contributed by atoms with Gasteiger partial charge in [0.2, 0.25) is 0 Å². The summed E-state index contributed by atoms with van der Waals surface area (Å²) in [5.41, 5.74) is 0.241. The average molecular weight is 487 g/mol. The second-order valence-electron chi connectivity index (χ2n) is 11.8. The third-order valence-corrected chi connectivity index (χ3v) is 9.83. The summed E-state index contributed by atoms with van der Waals surface area (Å²) in [5.74, 6) is -3.07. The second kappa shape index (κ2) is 7.77. The molecule has 2 heterocycles. The predicted molar refractivity (Wildman–Crippen MR) is 123 cm³/mol. The number of aliphatic hydroxyl groups is 2. The summed E-state index contributed by atoms with van der Waals surface area (Å²) >= 11 is 0. The van der Waals surface area contributed by atoms with Gasteiger partial charge in [-0.2, -0.15) is 0 Å². The Balaban J connectivity index is 1.69. The van der Waals surface area contributed by atoms with Gasteiger partial charge in [0.15, 0.2) is 6.10 Å². The molecule has 8 nitrogen and oxygen atoms in total. The van der Waals surface area contributed by atoms with Gasteiger partial charge >= 0.3 is 11.9 Å². The lowest BCUT2D eigenvalue weighted by molar-refractivity contribution is -0.203. The van der Waals surface area contributed by atoms with Gasteiger partial charge < -0.3 is 24.1 Å². The number of furan rings is 1. The van der Waals surface area contributed by atoms with E-state index in [0.29, 0.717) is 19.3 Å². The number of rotatable bonds is 3. The Hall–Kier alpha value is -2.45. The minimum atomic E-state index is -1.56. The van der Waals surface area contributed by atoms with Gasteiger partial charge in [0, 0.05) is 28.2 Å². The number of methoxy groups -OCH3 is 1. The van der Waals surface area contributed by atoms with Crippen LogP contribution in [0.3, 0.4) is 0 Å². The molecule has 0 radical (unpaired) electrons. The number of carbonyl (C=O) groups is 3. The molecule has 8 heteroatoms. The number of ketones is 1. The van der Waals surface area contributed by atoms with Crippen LogP contribution >= 0.6 is 0 Å². The smallest absolute Gasteiger partial charge is 0.335 e. The molecule has 0 spiro atoms. The van der Waals surface area contributed by atoms with Gasteiger partial charge in [0.05, 0.1) is 32.2 Å². The number of cyclic esters (lactones) is 1. The lowest BCUT2D eigenvalue weighted by Crippen LogP contribution is -2.68. The molecule has 0 aromatic carbocycles. The Morgan fingerprint density at radius 1 is 1.23 bits per heavy atom. The first kappa shape index (κ1) is 24.3. The Kier molecular flexibility index (Phi) is 5.39. The Labute approximate surface area is 204 Å². The van der Waals surface area contributed by atoms with Gasteiger partial charge in [-0.25, -0.2) is 4.79 Å². The minimum absolute atomic E-state index is 0.122. The highest BCUT2D eigenvalue weighted by atomic mass is 16.5. The van der Waals surface area contributed by atoms with Crippen LogP contribution in [0.15, 0.2) is 34.2 Å². The van der Waals surface area contributed by atoms with Gasteiger partial charge in [-0.05, 0) is 42.2 Å². The third kappa shape index (κ3) is 3.08. The molecule has 0 unspecified atom stereocenters. The molecule has 1 saturated heterocycles. The summed E-state index contributed by atoms with van der Waals surface area (Å²) in [5, 5.41) is 22.5. The van der Waals surface area contributed by atoms with Crippen molar-refractivity contribution in [1.29, 1.82) is 0 Å². The standard InChI is InChI=1S/C27H34O8/c1-25(2)20(19(29)24(32)33-5)27(4)16-6-8-26(3)17(14(16)10-15(21(25)30)22(27)31)11-18(28)35-23(26)13-7-9-34-12-13/h7,9,12,15-16,19-21,23,29-30H,6,8,10-11H2,1-5H3/t15-,16-,19+,20-,21+,23-,26+,27+/m0/s1. The van der Waals surface area contributed by atoms with E-state index in [2.05, 4.69) is 6.92 Å². The highest BCUT2D eigenvalue weighted by Gasteiger charge is 2.69. The van der Waals surface area contributed by atoms with E-state index >= 15 is 0 Å². The number of fused-ring (bicyclic) bond motifs is 5. The maximum Gasteiger partial charge on any atom is 0.335 e. The van der Waals surface area contributed by atoms with Crippen LogP contribution in [0.5, 0.6) is 0 Å². The molecule has 3 aliphatic carbocycles. The molecular formula is C27H34O8. The molecule has 2 saturated carbocycles. The number of carbonyl (C=O) groups excluding carboxylic acids is 3. The van der Waals surface area contributed by atoms with E-state index in [1.807, 2.05) is 20.8 Å². The molecule has 0 amide bonds. The first-order chi connectivity index (χ1) is 16.4. The highest BCUT2D eigenvalue weighted by Crippen LogP contribution is 2.67. The van der Waals surface area contributed by atoms with Crippen LogP contribution in [0, 0.1) is 34.0 Å². The maximum atomic E-state index is 13.9. The fourth-order valence-corrected chi connectivity index (χ4v) is 8.18. The van der Waals surface area contributed by atoms with E-state index in [1.54, 1.807) is 18.6 Å². The van der Waals surface area contributed by atoms with Crippen molar-refractivity contribution < 1.29 is 38.5 Å². The van der Waals surface area contributed by atoms with Crippen molar-refractivity contribution in [2.45, 2.75) is 71.7 Å². The van der Waals surface area contributed by atoms with E-state index in [9.17, 15) is 24.6 Å². The normalized spacial score (nSPS) is 40.9. The molecule has 5 rings (SSSR count). The first-order valence-corrected chi connectivity index (χ1v) is 12.3. The zero-order valence-electron chi connectivity index (χ0n) is 20.9. The molecular weight excluding hydrogens is 452 g/mol. The summed E-state index contributed by atoms with van der Waals surface area (Å²) in [4.78, 5) is 39.2. The SMILES string of the molecule is COC(=O)[C@H](O)[C@H]1C(C)(C)[C@H](O)[C@@H]2CC3=C4CC(=O)O[C@@H](c5ccoc5)[C@]4(C)CC[C@@H]3[C@@]1(C)C2=O. The maximum absolute atomic E-state index is 13.9. The number of ether oxygens (including phenoxy) is 2. The van der Waals surface area contributed by atoms with Gasteiger partial charge in [-0.1, -0.05) is 33.3 Å². The summed E-state index contributed by atoms with van der Waals surface area (Å²) in [7, 11) is 1.20. The summed E-state index contributed by atoms with van der Waals surface area (Å²) in [6.07, 6.45) is 1.80. The molecule has 35 heavy (non-hydrogen) atoms. The van der Waals surface area contributed by atoms with E-state index < -0.39 is 52.4 Å². The van der Waals surface area contributed by atoms with Crippen LogP contribution in [0.4, 0.5) is 0 Å². The molecule has 1 aliphatic heterocycles. The fraction of sp³-hybridized carbons (Fsp3) is 0.667. The first-order valence-electron chi connectivity index (χ1n) is 12.3. The topological polar surface area (TPSA) is 123 Å². The van der Waals surface area contributed by atoms with Gasteiger partial charge in [-0.3, -0.25) is 9.59 Å². The van der Waals surface area contributed by atoms with Crippen molar-refractivity contribution in [3.8, 4) is 0 Å². The quantitative estimate of drug-likeness (QED) is 0.493. The van der Waals surface area contributed by atoms with E-state index in [0.717, 1.165) is 16.7 Å². The fourth-order valence-electron chi connectivity index (χ4n) is 8.18. The van der Waals surface area contributed by atoms with Crippen LogP contribution in [-0.4, -0.2) is 47.3 Å². The zero-order chi connectivity index (χ0) is 25.5. The number of esters is 2. The number of allylic oxidation sites excluding steroid dienone is 1. The lowest BCUT2D eigenvalue weighted by atomic mass is 9.40. The van der Waals surface area contributed by atoms with Crippen molar-refractivity contribution in [3.63, 3.8) is 0 Å². The molecule has 3 fully saturated rings. The van der Waals surface area contributed by atoms with Crippen LogP contribution < -0.4 is 0 Å². The van der Waals surface area contributed by atoms with Gasteiger partial charge in [-0.15, -0.1) is 0 Å². The van der Waals surface area contributed by atoms with Crippen LogP contribution in [-0.2, 0) is 23.9 Å². The molecule has 8 atom stereocenters. The molecule has 2 bridgehead atoms. The predicted octanol–water partition coefficient (Wildman–Crippen LogP) is 3.13. The van der Waals surface area contributed by atoms with Crippen molar-refractivity contribution in [1.82, 2.24) is 0 Å². The molecule has 190 valence electrons. The molecule has 2 N–H and O–H groups in total. The molecule has 4 aliphatic rings. The second-order valence-corrected chi connectivity index (χ2v) is 11.8. The van der Waals surface area contributed by atoms with E-state index in [1.165, 1.54) is 7.11 Å². The van der Waals surface area contributed by atoms with E-state index in [4.69, 9.17) is 13.9 Å². The van der Waals surface area contributed by atoms with Crippen LogP contribution in [0.2, 0.25) is 0 Å².